The molecular weight excluding hydrogens is 706 g/mol. The fourth-order valence-electron chi connectivity index (χ4n) is 5.36. The lowest BCUT2D eigenvalue weighted by Gasteiger charge is -2.15. The molecule has 1 aliphatic rings. The van der Waals surface area contributed by atoms with Crippen molar-refractivity contribution in [3.05, 3.63) is 114 Å². The number of benzene rings is 4. The zero-order valence-corrected chi connectivity index (χ0v) is 30.3. The van der Waals surface area contributed by atoms with E-state index in [0.717, 1.165) is 28.8 Å². The maximum atomic E-state index is 8.99. The molecule has 0 bridgehead atoms. The Labute approximate surface area is 304 Å². The minimum Gasteiger partial charge on any atom is -0.489 e. The summed E-state index contributed by atoms with van der Waals surface area (Å²) < 4.78 is 21.5. The van der Waals surface area contributed by atoms with Gasteiger partial charge in [-0.1, -0.05) is 36.4 Å². The van der Waals surface area contributed by atoms with Crippen molar-refractivity contribution >= 4 is 17.2 Å². The van der Waals surface area contributed by atoms with Crippen LogP contribution in [0.25, 0.3) is 22.8 Å². The maximum Gasteiger partial charge on any atom is 0.391 e. The maximum absolute atomic E-state index is 8.99. The van der Waals surface area contributed by atoms with Crippen LogP contribution < -0.4 is 30.0 Å². The Kier molecular flexibility index (Phi) is 14.6. The van der Waals surface area contributed by atoms with Gasteiger partial charge in [0.15, 0.2) is 11.6 Å². The smallest absolute Gasteiger partial charge is 0.391 e. The second-order valence-electron chi connectivity index (χ2n) is 11.7. The molecule has 1 atom stereocenters. The molecule has 0 aliphatic carbocycles. The van der Waals surface area contributed by atoms with Crippen LogP contribution in [-0.4, -0.2) is 65.6 Å². The van der Waals surface area contributed by atoms with Crippen molar-refractivity contribution in [2.75, 3.05) is 20.1 Å². The Morgan fingerprint density at radius 3 is 1.50 bits per heavy atom. The second kappa shape index (κ2) is 19.5. The van der Waals surface area contributed by atoms with Crippen molar-refractivity contribution in [2.24, 2.45) is 11.5 Å². The van der Waals surface area contributed by atoms with E-state index in [4.69, 9.17) is 54.5 Å². The topological polar surface area (TPSA) is 212 Å². The van der Waals surface area contributed by atoms with Gasteiger partial charge in [-0.3, -0.25) is 0 Å². The van der Waals surface area contributed by atoms with Crippen LogP contribution in [0.4, 0.5) is 0 Å². The molecule has 4 aromatic carbocycles. The number of ether oxygens (including phenoxy) is 2. The highest BCUT2D eigenvalue weighted by molar-refractivity contribution is 7.40. The summed E-state index contributed by atoms with van der Waals surface area (Å²) in [4.78, 5) is 52.1. The van der Waals surface area contributed by atoms with Crippen LogP contribution in [0, 0.1) is 0 Å². The molecule has 8 N–H and O–H groups in total. The van der Waals surface area contributed by atoms with Gasteiger partial charge in [0.1, 0.15) is 42.0 Å². The molecular formula is C36H42N6O8P2. The first kappa shape index (κ1) is 38.9. The van der Waals surface area contributed by atoms with E-state index in [1.165, 1.54) is 19.4 Å². The van der Waals surface area contributed by atoms with Crippen LogP contribution in [0.1, 0.15) is 29.8 Å². The highest BCUT2D eigenvalue weighted by Gasteiger charge is 2.18. The van der Waals surface area contributed by atoms with E-state index in [1.54, 1.807) is 48.5 Å². The molecule has 52 heavy (non-hydrogen) atoms. The summed E-state index contributed by atoms with van der Waals surface area (Å²) in [7, 11) is -2.81. The van der Waals surface area contributed by atoms with E-state index >= 15 is 0 Å². The zero-order chi connectivity index (χ0) is 36.9. The third-order valence-corrected chi connectivity index (χ3v) is 8.76. The number of hydrogen-bond donors (Lipinski definition) is 6. The van der Waals surface area contributed by atoms with Gasteiger partial charge in [-0.25, -0.2) is 15.0 Å². The third kappa shape index (κ3) is 11.9. The lowest BCUT2D eigenvalue weighted by molar-refractivity contribution is 0.305. The molecule has 1 fully saturated rings. The molecule has 0 spiro atoms. The normalized spacial score (nSPS) is 14.2. The quantitative estimate of drug-likeness (QED) is 0.0822. The third-order valence-electron chi connectivity index (χ3n) is 8.01. The Balaban J connectivity index is 0.000000577. The number of aromatic nitrogens is 3. The van der Waals surface area contributed by atoms with Crippen molar-refractivity contribution in [2.45, 2.75) is 38.6 Å². The molecule has 0 saturated carbocycles. The van der Waals surface area contributed by atoms with Crippen LogP contribution in [0.5, 0.6) is 23.0 Å². The molecule has 2 heterocycles. The van der Waals surface area contributed by atoms with Gasteiger partial charge in [-0.05, 0) is 98.2 Å². The monoisotopic (exact) mass is 748 g/mol. The summed E-state index contributed by atoms with van der Waals surface area (Å²) in [5.74, 6) is 3.24. The van der Waals surface area contributed by atoms with Gasteiger partial charge in [-0.2, -0.15) is 0 Å². The van der Waals surface area contributed by atoms with Crippen molar-refractivity contribution in [1.82, 2.24) is 19.9 Å². The first-order valence-electron chi connectivity index (χ1n) is 16.4. The van der Waals surface area contributed by atoms with Gasteiger partial charge in [0, 0.05) is 23.7 Å². The number of likely N-dealkylation sites (N-methyl/N-ethyl adjacent to an activating group) is 1. The summed E-state index contributed by atoms with van der Waals surface area (Å²) in [5.41, 5.74) is 14.7. The Hall–Kier alpha value is -4.33. The molecule has 0 amide bonds. The summed E-state index contributed by atoms with van der Waals surface area (Å²) in [6.07, 6.45) is 2.63. The molecule has 274 valence electrons. The summed E-state index contributed by atoms with van der Waals surface area (Å²) in [6, 6.07) is 29.1. The van der Waals surface area contributed by atoms with Crippen molar-refractivity contribution in [3.8, 4) is 45.8 Å². The van der Waals surface area contributed by atoms with Crippen LogP contribution in [0.2, 0.25) is 0 Å². The average Bonchev–Trinajstić information content (AvgIpc) is 3.58. The fraction of sp³-hybridized carbons (Fsp3) is 0.250. The van der Waals surface area contributed by atoms with Gasteiger partial charge >= 0.3 is 17.2 Å². The van der Waals surface area contributed by atoms with Crippen LogP contribution in [-0.2, 0) is 19.8 Å². The van der Waals surface area contributed by atoms with Crippen LogP contribution >= 0.6 is 17.2 Å². The minimum atomic E-state index is -2.48. The molecule has 1 aliphatic heterocycles. The van der Waals surface area contributed by atoms with Gasteiger partial charge in [0.2, 0.25) is 0 Å². The second-order valence-corrected chi connectivity index (χ2v) is 13.1. The Morgan fingerprint density at radius 1 is 0.673 bits per heavy atom. The molecule has 1 unspecified atom stereocenters. The summed E-state index contributed by atoms with van der Waals surface area (Å²) in [6.45, 7) is 2.77. The number of hydrogen-bond acceptors (Lipinski definition) is 14. The van der Waals surface area contributed by atoms with Crippen molar-refractivity contribution in [1.29, 1.82) is 0 Å². The zero-order valence-electron chi connectivity index (χ0n) is 28.5. The van der Waals surface area contributed by atoms with E-state index in [-0.39, 0.29) is 19.8 Å². The van der Waals surface area contributed by atoms with Gasteiger partial charge in [-0.15, -0.1) is 0 Å². The SMILES string of the molecule is CN1CCCC1CN.NCc1nc(-c2cccc(COc3ccc(OP(O)O)cc3)c2)nc(-c2cccc(COc3ccc(OP(O)O)cc3)c2)n1. The Bertz CT molecular complexity index is 1740. The number of nitrogens with two attached hydrogens (primary N) is 2. The number of rotatable bonds is 14. The first-order chi connectivity index (χ1) is 25.2. The molecule has 1 saturated heterocycles. The van der Waals surface area contributed by atoms with Crippen LogP contribution in [0.3, 0.4) is 0 Å². The van der Waals surface area contributed by atoms with Crippen LogP contribution in [0.15, 0.2) is 97.1 Å². The molecule has 6 rings (SSSR count). The standard InChI is InChI=1S/C30H28N4O8P2.C6H14N2/c31-17-28-32-29(22-5-1-3-20(15-22)18-39-24-7-11-26(12-8-24)41-43(35)36)34-30(33-28)23-6-2-4-21(16-23)19-40-25-9-13-27(14-10-25)42-44(37)38;1-8-4-2-3-6(8)5-7/h1-16,35-38H,17-19,31H2;6H,2-5,7H2,1H3. The Morgan fingerprint density at radius 2 is 1.13 bits per heavy atom. The molecule has 5 aromatic rings. The van der Waals surface area contributed by atoms with Gasteiger partial charge in [0.25, 0.3) is 0 Å². The van der Waals surface area contributed by atoms with E-state index in [1.807, 2.05) is 48.5 Å². The predicted molar refractivity (Wildman–Crippen MR) is 199 cm³/mol. The van der Waals surface area contributed by atoms with E-state index in [9.17, 15) is 0 Å². The average molecular weight is 749 g/mol. The van der Waals surface area contributed by atoms with E-state index < -0.39 is 17.2 Å². The molecule has 0 radical (unpaired) electrons. The summed E-state index contributed by atoms with van der Waals surface area (Å²) >= 11 is 0. The largest absolute Gasteiger partial charge is 0.489 e. The summed E-state index contributed by atoms with van der Waals surface area (Å²) in [5, 5.41) is 0. The number of likely N-dealkylation sites (tertiary alicyclic amines) is 1. The van der Waals surface area contributed by atoms with Gasteiger partial charge in [0.05, 0.1) is 6.54 Å². The molecule has 1 aromatic heterocycles. The lowest BCUT2D eigenvalue weighted by atomic mass is 10.1. The lowest BCUT2D eigenvalue weighted by Crippen LogP contribution is -2.31. The predicted octanol–water partition coefficient (Wildman–Crippen LogP) is 5.04. The van der Waals surface area contributed by atoms with E-state index in [2.05, 4.69) is 21.9 Å². The fourth-order valence-corrected chi connectivity index (χ4v) is 5.98. The number of nitrogens with zero attached hydrogens (tertiary/aromatic N) is 4. The van der Waals surface area contributed by atoms with Gasteiger partial charge < -0.3 is 54.5 Å². The van der Waals surface area contributed by atoms with Crippen molar-refractivity contribution < 1.29 is 38.1 Å². The first-order valence-corrected chi connectivity index (χ1v) is 18.7. The highest BCUT2D eigenvalue weighted by Crippen LogP contribution is 2.31. The highest BCUT2D eigenvalue weighted by atomic mass is 31.2. The van der Waals surface area contributed by atoms with E-state index in [0.29, 0.717) is 46.5 Å². The molecule has 14 nitrogen and oxygen atoms in total. The minimum absolute atomic E-state index is 0.135. The van der Waals surface area contributed by atoms with Crippen molar-refractivity contribution in [3.63, 3.8) is 0 Å². The molecule has 16 heteroatoms.